The average molecular weight is 277 g/mol. The molecule has 1 amide bonds. The Bertz CT molecular complexity index is 611. The molecule has 4 nitrogen and oxygen atoms in total. The topological polar surface area (TPSA) is 47.3 Å². The summed E-state index contributed by atoms with van der Waals surface area (Å²) in [5.41, 5.74) is -0.124. The minimum Gasteiger partial charge on any atom is -0.365 e. The third-order valence-electron chi connectivity index (χ3n) is 4.02. The number of nitrogens with zero attached hydrogens (tertiary/aromatic N) is 3. The highest BCUT2D eigenvalue weighted by atomic mass is 19.2. The number of nitriles is 1. The summed E-state index contributed by atoms with van der Waals surface area (Å²) < 4.78 is 27.7. The van der Waals surface area contributed by atoms with Gasteiger partial charge in [-0.25, -0.2) is 8.78 Å². The van der Waals surface area contributed by atoms with Crippen molar-refractivity contribution >= 4 is 11.6 Å². The SMILES string of the molecule is N#Cc1ccc(N2CCN3C(=O)CCC3C2)c(F)c1F. The van der Waals surface area contributed by atoms with E-state index in [4.69, 9.17) is 5.26 Å². The fourth-order valence-corrected chi connectivity index (χ4v) is 2.95. The highest BCUT2D eigenvalue weighted by Crippen LogP contribution is 2.29. The van der Waals surface area contributed by atoms with Crippen LogP contribution in [0, 0.1) is 23.0 Å². The minimum absolute atomic E-state index is 0.0781. The van der Waals surface area contributed by atoms with Gasteiger partial charge in [0.05, 0.1) is 11.3 Å². The number of amides is 1. The molecule has 0 spiro atoms. The monoisotopic (exact) mass is 277 g/mol. The first-order chi connectivity index (χ1) is 9.61. The van der Waals surface area contributed by atoms with Gasteiger partial charge in [-0.3, -0.25) is 4.79 Å². The molecule has 6 heteroatoms. The van der Waals surface area contributed by atoms with E-state index in [1.54, 1.807) is 11.0 Å². The van der Waals surface area contributed by atoms with Crippen LogP contribution in [0.25, 0.3) is 0 Å². The van der Waals surface area contributed by atoms with Crippen LogP contribution in [0.15, 0.2) is 12.1 Å². The third kappa shape index (κ3) is 1.90. The zero-order valence-electron chi connectivity index (χ0n) is 10.8. The van der Waals surface area contributed by atoms with Crippen LogP contribution in [-0.4, -0.2) is 36.5 Å². The second-order valence-corrected chi connectivity index (χ2v) is 5.10. The zero-order valence-corrected chi connectivity index (χ0v) is 10.8. The number of benzene rings is 1. The molecular weight excluding hydrogens is 264 g/mol. The number of halogens is 2. The summed E-state index contributed by atoms with van der Waals surface area (Å²) in [7, 11) is 0. The molecule has 0 saturated carbocycles. The molecule has 3 rings (SSSR count). The summed E-state index contributed by atoms with van der Waals surface area (Å²) in [4.78, 5) is 15.2. The van der Waals surface area contributed by atoms with Gasteiger partial charge in [-0.2, -0.15) is 5.26 Å². The van der Waals surface area contributed by atoms with Gasteiger partial charge in [-0.05, 0) is 18.6 Å². The first kappa shape index (κ1) is 12.9. The first-order valence-electron chi connectivity index (χ1n) is 6.54. The number of hydrogen-bond acceptors (Lipinski definition) is 3. The van der Waals surface area contributed by atoms with E-state index in [9.17, 15) is 13.6 Å². The molecule has 0 radical (unpaired) electrons. The lowest BCUT2D eigenvalue weighted by atomic mass is 10.1. The van der Waals surface area contributed by atoms with Gasteiger partial charge in [0, 0.05) is 32.1 Å². The number of anilines is 1. The summed E-state index contributed by atoms with van der Waals surface area (Å²) in [6, 6.07) is 4.43. The zero-order chi connectivity index (χ0) is 14.3. The molecule has 0 aromatic heterocycles. The second-order valence-electron chi connectivity index (χ2n) is 5.10. The Morgan fingerprint density at radius 3 is 2.80 bits per heavy atom. The number of piperazine rings is 1. The van der Waals surface area contributed by atoms with Crippen molar-refractivity contribution in [2.75, 3.05) is 24.5 Å². The maximum Gasteiger partial charge on any atom is 0.223 e. The molecule has 2 heterocycles. The molecule has 104 valence electrons. The Morgan fingerprint density at radius 2 is 2.05 bits per heavy atom. The molecule has 1 aromatic carbocycles. The molecule has 2 aliphatic rings. The van der Waals surface area contributed by atoms with E-state index in [1.807, 2.05) is 4.90 Å². The number of carbonyl (C=O) groups excluding carboxylic acids is 1. The molecule has 1 unspecified atom stereocenters. The van der Waals surface area contributed by atoms with Crippen LogP contribution in [-0.2, 0) is 4.79 Å². The van der Waals surface area contributed by atoms with Crippen LogP contribution in [0.3, 0.4) is 0 Å². The number of hydrogen-bond donors (Lipinski definition) is 0. The quantitative estimate of drug-likeness (QED) is 0.784. The molecule has 1 aromatic rings. The molecule has 0 bridgehead atoms. The molecule has 2 saturated heterocycles. The first-order valence-corrected chi connectivity index (χ1v) is 6.54. The van der Waals surface area contributed by atoms with Gasteiger partial charge < -0.3 is 9.80 Å². The van der Waals surface area contributed by atoms with Crippen LogP contribution in [0.2, 0.25) is 0 Å². The van der Waals surface area contributed by atoms with Crippen molar-refractivity contribution in [1.82, 2.24) is 4.90 Å². The van der Waals surface area contributed by atoms with Crippen LogP contribution in [0.5, 0.6) is 0 Å². The van der Waals surface area contributed by atoms with Gasteiger partial charge in [0.25, 0.3) is 0 Å². The lowest BCUT2D eigenvalue weighted by Crippen LogP contribution is -2.51. The van der Waals surface area contributed by atoms with Gasteiger partial charge in [-0.1, -0.05) is 0 Å². The van der Waals surface area contributed by atoms with E-state index < -0.39 is 11.6 Å². The highest BCUT2D eigenvalue weighted by Gasteiger charge is 2.36. The summed E-state index contributed by atoms with van der Waals surface area (Å²) in [6.45, 7) is 1.52. The van der Waals surface area contributed by atoms with E-state index in [0.29, 0.717) is 26.1 Å². The predicted molar refractivity (Wildman–Crippen MR) is 68.0 cm³/mol. The highest BCUT2D eigenvalue weighted by molar-refractivity contribution is 5.79. The molecule has 2 fully saturated rings. The fourth-order valence-electron chi connectivity index (χ4n) is 2.95. The van der Waals surface area contributed by atoms with E-state index >= 15 is 0 Å². The number of rotatable bonds is 1. The van der Waals surface area contributed by atoms with Gasteiger partial charge >= 0.3 is 0 Å². The second kappa shape index (κ2) is 4.75. The lowest BCUT2D eigenvalue weighted by Gasteiger charge is -2.38. The van der Waals surface area contributed by atoms with Crippen molar-refractivity contribution in [2.24, 2.45) is 0 Å². The predicted octanol–water partition coefficient (Wildman–Crippen LogP) is 1.65. The van der Waals surface area contributed by atoms with E-state index in [0.717, 1.165) is 6.42 Å². The molecule has 0 aliphatic carbocycles. The van der Waals surface area contributed by atoms with Crippen LogP contribution < -0.4 is 4.90 Å². The number of fused-ring (bicyclic) bond motifs is 1. The van der Waals surface area contributed by atoms with Crippen molar-refractivity contribution in [3.63, 3.8) is 0 Å². The fraction of sp³-hybridized carbons (Fsp3) is 0.429. The smallest absolute Gasteiger partial charge is 0.223 e. The average Bonchev–Trinajstić information content (AvgIpc) is 2.83. The van der Waals surface area contributed by atoms with Crippen molar-refractivity contribution in [3.8, 4) is 6.07 Å². The molecule has 2 aliphatic heterocycles. The summed E-state index contributed by atoms with van der Waals surface area (Å²) in [6.07, 6.45) is 1.29. The Labute approximate surface area is 115 Å². The van der Waals surface area contributed by atoms with Gasteiger partial charge in [0.2, 0.25) is 5.91 Å². The molecule has 20 heavy (non-hydrogen) atoms. The summed E-state index contributed by atoms with van der Waals surface area (Å²) in [5, 5.41) is 8.68. The Hall–Kier alpha value is -2.16. The summed E-state index contributed by atoms with van der Waals surface area (Å²) in [5.74, 6) is -1.95. The molecule has 0 N–H and O–H groups in total. The Balaban J connectivity index is 1.86. The number of carbonyl (C=O) groups is 1. The maximum absolute atomic E-state index is 14.0. The van der Waals surface area contributed by atoms with Gasteiger partial charge in [-0.15, -0.1) is 0 Å². The van der Waals surface area contributed by atoms with E-state index in [1.165, 1.54) is 12.1 Å². The van der Waals surface area contributed by atoms with Crippen molar-refractivity contribution in [2.45, 2.75) is 18.9 Å². The lowest BCUT2D eigenvalue weighted by molar-refractivity contribution is -0.129. The Kier molecular flexibility index (Phi) is 3.05. The minimum atomic E-state index is -1.10. The Morgan fingerprint density at radius 1 is 1.25 bits per heavy atom. The standard InChI is InChI=1S/C14H13F2N3O/c15-13-9(7-17)1-3-11(14(13)16)18-5-6-19-10(8-18)2-4-12(19)20/h1,3,10H,2,4-6,8H2. The van der Waals surface area contributed by atoms with Gasteiger partial charge in [0.15, 0.2) is 11.6 Å². The van der Waals surface area contributed by atoms with Crippen LogP contribution in [0.4, 0.5) is 14.5 Å². The third-order valence-corrected chi connectivity index (χ3v) is 4.02. The molecule has 1 atom stereocenters. The largest absolute Gasteiger partial charge is 0.365 e. The van der Waals surface area contributed by atoms with Crippen molar-refractivity contribution < 1.29 is 13.6 Å². The maximum atomic E-state index is 14.0. The normalized spacial score (nSPS) is 21.9. The van der Waals surface area contributed by atoms with Crippen LogP contribution in [0.1, 0.15) is 18.4 Å². The van der Waals surface area contributed by atoms with E-state index in [2.05, 4.69) is 0 Å². The van der Waals surface area contributed by atoms with Crippen molar-refractivity contribution in [1.29, 1.82) is 5.26 Å². The van der Waals surface area contributed by atoms with Gasteiger partial charge in [0.1, 0.15) is 6.07 Å². The van der Waals surface area contributed by atoms with Crippen LogP contribution >= 0.6 is 0 Å². The van der Waals surface area contributed by atoms with Crippen molar-refractivity contribution in [3.05, 3.63) is 29.3 Å². The van der Waals surface area contributed by atoms with E-state index in [-0.39, 0.29) is 23.2 Å². The summed E-state index contributed by atoms with van der Waals surface area (Å²) >= 11 is 0. The molecular formula is C14H13F2N3O.